The van der Waals surface area contributed by atoms with Gasteiger partial charge in [0, 0.05) is 0 Å². The van der Waals surface area contributed by atoms with Gasteiger partial charge in [-0.05, 0) is 26.4 Å². The van der Waals surface area contributed by atoms with Gasteiger partial charge in [0.05, 0.1) is 0 Å². The standard InChI is InChI=1S/CHBrN4/c2-1-3-5-6-4-1/h1H. The molecule has 1 heterocycles. The van der Waals surface area contributed by atoms with Crippen LogP contribution in [0, 0.1) is 0 Å². The molecule has 0 radical (unpaired) electrons. The van der Waals surface area contributed by atoms with E-state index in [1.165, 1.54) is 0 Å². The second-order valence-electron chi connectivity index (χ2n) is 0.720. The fourth-order valence-corrected chi connectivity index (χ4v) is 0.318. The Balaban J connectivity index is 2.60. The van der Waals surface area contributed by atoms with Crippen molar-refractivity contribution in [3.8, 4) is 0 Å². The SMILES string of the molecule is BrC1N=NN=N1. The lowest BCUT2D eigenvalue weighted by Crippen LogP contribution is -1.74. The summed E-state index contributed by atoms with van der Waals surface area (Å²) in [6.07, 6.45) is 0. The summed E-state index contributed by atoms with van der Waals surface area (Å²) in [4.78, 5) is 0. The monoisotopic (exact) mass is 148 g/mol. The minimum Gasteiger partial charge on any atom is -0.126 e. The molecule has 1 aliphatic rings. The predicted octanol–water partition coefficient (Wildman–Crippen LogP) is 1.50. The van der Waals surface area contributed by atoms with Crippen molar-refractivity contribution in [2.24, 2.45) is 20.7 Å². The molecule has 0 aromatic heterocycles. The van der Waals surface area contributed by atoms with Gasteiger partial charge < -0.3 is 0 Å². The van der Waals surface area contributed by atoms with Gasteiger partial charge >= 0.3 is 0 Å². The molecule has 0 fully saturated rings. The Labute approximate surface area is 42.5 Å². The van der Waals surface area contributed by atoms with E-state index in [2.05, 4.69) is 36.6 Å². The van der Waals surface area contributed by atoms with Gasteiger partial charge in [0.2, 0.25) is 5.08 Å². The molecule has 0 bridgehead atoms. The van der Waals surface area contributed by atoms with E-state index in [1.807, 2.05) is 0 Å². The van der Waals surface area contributed by atoms with Crippen LogP contribution in [-0.4, -0.2) is 5.08 Å². The third kappa shape index (κ3) is 0.592. The summed E-state index contributed by atoms with van der Waals surface area (Å²) < 4.78 is 0. The quantitative estimate of drug-likeness (QED) is 0.370. The highest BCUT2D eigenvalue weighted by Gasteiger charge is 1.98. The lowest BCUT2D eigenvalue weighted by atomic mass is 11.2. The summed E-state index contributed by atoms with van der Waals surface area (Å²) in [7, 11) is 0. The van der Waals surface area contributed by atoms with Crippen molar-refractivity contribution in [3.63, 3.8) is 0 Å². The first kappa shape index (κ1) is 3.86. The first-order valence-electron chi connectivity index (χ1n) is 1.33. The molecule has 6 heavy (non-hydrogen) atoms. The molecule has 0 N–H and O–H groups in total. The average Bonchev–Trinajstić information content (AvgIpc) is 1.86. The van der Waals surface area contributed by atoms with Gasteiger partial charge in [0.15, 0.2) is 0 Å². The van der Waals surface area contributed by atoms with E-state index in [-0.39, 0.29) is 5.08 Å². The number of halogens is 1. The molecule has 5 heteroatoms. The van der Waals surface area contributed by atoms with Gasteiger partial charge in [-0.1, -0.05) is 0 Å². The molecule has 32 valence electrons. The van der Waals surface area contributed by atoms with E-state index < -0.39 is 0 Å². The lowest BCUT2D eigenvalue weighted by Gasteiger charge is -1.74. The molecule has 0 atom stereocenters. The van der Waals surface area contributed by atoms with Crippen molar-refractivity contribution < 1.29 is 0 Å². The third-order valence-corrected chi connectivity index (χ3v) is 0.700. The maximum absolute atomic E-state index is 3.44. The van der Waals surface area contributed by atoms with E-state index >= 15 is 0 Å². The maximum Gasteiger partial charge on any atom is 0.239 e. The zero-order chi connectivity index (χ0) is 4.41. The Hall–Kier alpha value is -0.320. The highest BCUT2D eigenvalue weighted by Crippen LogP contribution is 2.09. The molecule has 0 saturated carbocycles. The van der Waals surface area contributed by atoms with E-state index in [0.29, 0.717) is 0 Å². The highest BCUT2D eigenvalue weighted by atomic mass is 79.9. The second kappa shape index (κ2) is 1.42. The number of nitrogens with zero attached hydrogens (tertiary/aromatic N) is 4. The van der Waals surface area contributed by atoms with Crippen LogP contribution >= 0.6 is 15.9 Å². The molecule has 0 amide bonds. The Morgan fingerprint density at radius 2 is 1.67 bits per heavy atom. The molecular weight excluding hydrogens is 148 g/mol. The van der Waals surface area contributed by atoms with Crippen LogP contribution in [-0.2, 0) is 0 Å². The fourth-order valence-electron chi connectivity index (χ4n) is 0.155. The molecule has 0 aromatic rings. The molecule has 4 nitrogen and oxygen atoms in total. The first-order valence-corrected chi connectivity index (χ1v) is 2.25. The smallest absolute Gasteiger partial charge is 0.126 e. The van der Waals surface area contributed by atoms with Crippen LogP contribution in [0.5, 0.6) is 0 Å². The van der Waals surface area contributed by atoms with Gasteiger partial charge in [-0.3, -0.25) is 0 Å². The van der Waals surface area contributed by atoms with Crippen LogP contribution in [0.15, 0.2) is 20.7 Å². The van der Waals surface area contributed by atoms with Crippen LogP contribution in [0.4, 0.5) is 0 Å². The summed E-state index contributed by atoms with van der Waals surface area (Å²) >= 11 is 3.02. The van der Waals surface area contributed by atoms with Crippen LogP contribution < -0.4 is 0 Å². The Morgan fingerprint density at radius 3 is 1.83 bits per heavy atom. The molecule has 0 saturated heterocycles. The Bertz CT molecular complexity index is 83.7. The molecule has 0 aliphatic carbocycles. The first-order chi connectivity index (χ1) is 2.89. The van der Waals surface area contributed by atoms with Crippen molar-refractivity contribution in [2.45, 2.75) is 5.08 Å². The predicted molar refractivity (Wildman–Crippen MR) is 22.4 cm³/mol. The zero-order valence-corrected chi connectivity index (χ0v) is 4.33. The highest BCUT2D eigenvalue weighted by molar-refractivity contribution is 9.09. The summed E-state index contributed by atoms with van der Waals surface area (Å²) in [6, 6.07) is 0. The molecular formula is CHBrN4. The third-order valence-electron chi connectivity index (χ3n) is 0.334. The van der Waals surface area contributed by atoms with E-state index in [1.54, 1.807) is 0 Å². The maximum atomic E-state index is 3.44. The minimum absolute atomic E-state index is 0.225. The Kier molecular flexibility index (Phi) is 0.913. The van der Waals surface area contributed by atoms with Crippen LogP contribution in [0.3, 0.4) is 0 Å². The van der Waals surface area contributed by atoms with Crippen molar-refractivity contribution in [3.05, 3.63) is 0 Å². The normalized spacial score (nSPS) is 20.2. The van der Waals surface area contributed by atoms with Gasteiger partial charge in [-0.15, -0.1) is 10.2 Å². The van der Waals surface area contributed by atoms with E-state index in [0.717, 1.165) is 0 Å². The van der Waals surface area contributed by atoms with E-state index in [9.17, 15) is 0 Å². The van der Waals surface area contributed by atoms with Crippen LogP contribution in [0.2, 0.25) is 0 Å². The average molecular weight is 149 g/mol. The van der Waals surface area contributed by atoms with Crippen LogP contribution in [0.25, 0.3) is 0 Å². The van der Waals surface area contributed by atoms with Gasteiger partial charge in [0.1, 0.15) is 0 Å². The fraction of sp³-hybridized carbons (Fsp3) is 1.00. The van der Waals surface area contributed by atoms with Crippen molar-refractivity contribution in [2.75, 3.05) is 0 Å². The second-order valence-corrected chi connectivity index (χ2v) is 1.54. The largest absolute Gasteiger partial charge is 0.239 e. The van der Waals surface area contributed by atoms with Crippen molar-refractivity contribution >= 4 is 15.9 Å². The topological polar surface area (TPSA) is 49.4 Å². The summed E-state index contributed by atoms with van der Waals surface area (Å²) in [6.45, 7) is 0. The number of rotatable bonds is 0. The summed E-state index contributed by atoms with van der Waals surface area (Å²) in [5.41, 5.74) is 0. The molecule has 1 rings (SSSR count). The Morgan fingerprint density at radius 1 is 1.17 bits per heavy atom. The van der Waals surface area contributed by atoms with Crippen molar-refractivity contribution in [1.29, 1.82) is 0 Å². The molecule has 0 aromatic carbocycles. The summed E-state index contributed by atoms with van der Waals surface area (Å²) in [5, 5.41) is 13.1. The summed E-state index contributed by atoms with van der Waals surface area (Å²) in [5.74, 6) is 0. The lowest BCUT2D eigenvalue weighted by molar-refractivity contribution is 0.988. The number of hydrogen-bond acceptors (Lipinski definition) is 4. The van der Waals surface area contributed by atoms with Crippen LogP contribution in [0.1, 0.15) is 0 Å². The molecule has 0 spiro atoms. The van der Waals surface area contributed by atoms with Crippen molar-refractivity contribution in [1.82, 2.24) is 0 Å². The van der Waals surface area contributed by atoms with Gasteiger partial charge in [-0.2, -0.15) is 0 Å². The molecule has 0 unspecified atom stereocenters. The minimum atomic E-state index is -0.225. The zero-order valence-electron chi connectivity index (χ0n) is 2.74. The molecule has 1 aliphatic heterocycles. The number of hydrogen-bond donors (Lipinski definition) is 0. The van der Waals surface area contributed by atoms with Gasteiger partial charge in [-0.25, -0.2) is 0 Å². The van der Waals surface area contributed by atoms with Gasteiger partial charge in [0.25, 0.3) is 0 Å². The number of alkyl halides is 1. The van der Waals surface area contributed by atoms with E-state index in [4.69, 9.17) is 0 Å².